The van der Waals surface area contributed by atoms with Crippen LogP contribution in [0.25, 0.3) is 0 Å². The van der Waals surface area contributed by atoms with E-state index < -0.39 is 11.9 Å². The highest BCUT2D eigenvalue weighted by Crippen LogP contribution is 2.39. The number of benzene rings is 2. The van der Waals surface area contributed by atoms with Crippen LogP contribution in [-0.2, 0) is 11.3 Å². The molecule has 2 aromatic carbocycles. The largest absolute Gasteiger partial charge is 0.481 e. The van der Waals surface area contributed by atoms with Crippen molar-refractivity contribution in [3.63, 3.8) is 0 Å². The third-order valence-electron chi connectivity index (χ3n) is 4.85. The number of rotatable bonds is 4. The van der Waals surface area contributed by atoms with E-state index in [0.29, 0.717) is 16.6 Å². The molecule has 1 saturated heterocycles. The molecule has 3 rings (SSSR count). The van der Waals surface area contributed by atoms with Gasteiger partial charge in [-0.3, -0.25) is 9.69 Å². The minimum absolute atomic E-state index is 0.0536. The number of carboxylic acids is 1. The Morgan fingerprint density at radius 2 is 1.88 bits per heavy atom. The van der Waals surface area contributed by atoms with Crippen molar-refractivity contribution < 1.29 is 9.90 Å². The van der Waals surface area contributed by atoms with E-state index in [1.807, 2.05) is 31.2 Å². The number of carboxylic acid groups (broad SMARTS) is 1. The molecule has 2 aromatic rings. The molecule has 126 valence electrons. The molecule has 1 N–H and O–H groups in total. The number of nitrogens with zero attached hydrogens (tertiary/aromatic N) is 1. The average molecular weight is 364 g/mol. The number of halogens is 2. The molecule has 1 fully saturated rings. The van der Waals surface area contributed by atoms with Gasteiger partial charge in [-0.2, -0.15) is 0 Å². The van der Waals surface area contributed by atoms with Gasteiger partial charge < -0.3 is 5.11 Å². The fourth-order valence-electron chi connectivity index (χ4n) is 3.56. The Labute approximate surface area is 151 Å². The molecule has 3 nitrogen and oxygen atoms in total. The van der Waals surface area contributed by atoms with Crippen LogP contribution in [0.5, 0.6) is 0 Å². The van der Waals surface area contributed by atoms with E-state index in [2.05, 4.69) is 17.0 Å². The quantitative estimate of drug-likeness (QED) is 0.856. The van der Waals surface area contributed by atoms with Crippen LogP contribution in [0.2, 0.25) is 10.0 Å². The first-order valence-electron chi connectivity index (χ1n) is 7.93. The van der Waals surface area contributed by atoms with Gasteiger partial charge in [-0.1, -0.05) is 59.6 Å². The van der Waals surface area contributed by atoms with Crippen LogP contribution in [0.1, 0.15) is 24.0 Å². The molecule has 0 radical (unpaired) electrons. The van der Waals surface area contributed by atoms with Gasteiger partial charge in [0.25, 0.3) is 0 Å². The standard InChI is InChI=1S/C19H19Cl2NO2/c1-12-18(19(23)24)15(14-7-8-16(20)17(21)9-14)11-22(12)10-13-5-3-2-4-6-13/h2-9,12,15,18H,10-11H2,1H3,(H,23,24)/t12?,15-,18+/m1/s1. The van der Waals surface area contributed by atoms with Crippen molar-refractivity contribution in [1.82, 2.24) is 4.90 Å². The van der Waals surface area contributed by atoms with Crippen LogP contribution >= 0.6 is 23.2 Å². The number of hydrogen-bond acceptors (Lipinski definition) is 2. The molecule has 1 heterocycles. The first-order chi connectivity index (χ1) is 11.5. The molecule has 1 aliphatic heterocycles. The van der Waals surface area contributed by atoms with Crippen molar-refractivity contribution in [3.05, 3.63) is 69.7 Å². The fourth-order valence-corrected chi connectivity index (χ4v) is 3.86. The average Bonchev–Trinajstić information content (AvgIpc) is 2.88. The van der Waals surface area contributed by atoms with E-state index in [9.17, 15) is 9.90 Å². The lowest BCUT2D eigenvalue weighted by molar-refractivity contribution is -0.142. The number of aliphatic carboxylic acids is 1. The van der Waals surface area contributed by atoms with Crippen molar-refractivity contribution >= 4 is 29.2 Å². The fraction of sp³-hybridized carbons (Fsp3) is 0.316. The summed E-state index contributed by atoms with van der Waals surface area (Å²) in [5, 5.41) is 10.7. The number of carbonyl (C=O) groups is 1. The van der Waals surface area contributed by atoms with Crippen LogP contribution < -0.4 is 0 Å². The summed E-state index contributed by atoms with van der Waals surface area (Å²) in [5.74, 6) is -1.34. The molecule has 0 bridgehead atoms. The predicted octanol–water partition coefficient (Wildman–Crippen LogP) is 4.68. The maximum atomic E-state index is 11.9. The molecular formula is C19H19Cl2NO2. The molecule has 0 aliphatic carbocycles. The summed E-state index contributed by atoms with van der Waals surface area (Å²) >= 11 is 12.1. The first-order valence-corrected chi connectivity index (χ1v) is 8.68. The lowest BCUT2D eigenvalue weighted by atomic mass is 9.86. The SMILES string of the molecule is CC1[C@H](C(=O)O)[C@@H](c2ccc(Cl)c(Cl)c2)CN1Cc1ccccc1. The molecular weight excluding hydrogens is 345 g/mol. The summed E-state index contributed by atoms with van der Waals surface area (Å²) < 4.78 is 0. The van der Waals surface area contributed by atoms with E-state index in [4.69, 9.17) is 23.2 Å². The first kappa shape index (κ1) is 17.3. The van der Waals surface area contributed by atoms with Crippen molar-refractivity contribution in [3.8, 4) is 0 Å². The summed E-state index contributed by atoms with van der Waals surface area (Å²) in [7, 11) is 0. The van der Waals surface area contributed by atoms with Crippen molar-refractivity contribution in [2.45, 2.75) is 25.4 Å². The zero-order valence-corrected chi connectivity index (χ0v) is 14.8. The summed E-state index contributed by atoms with van der Waals surface area (Å²) in [6, 6.07) is 15.5. The Morgan fingerprint density at radius 1 is 1.17 bits per heavy atom. The second-order valence-corrected chi connectivity index (χ2v) is 7.11. The smallest absolute Gasteiger partial charge is 0.308 e. The molecule has 5 heteroatoms. The molecule has 24 heavy (non-hydrogen) atoms. The van der Waals surface area contributed by atoms with Gasteiger partial charge >= 0.3 is 5.97 Å². The van der Waals surface area contributed by atoms with Gasteiger partial charge in [0.1, 0.15) is 0 Å². The second-order valence-electron chi connectivity index (χ2n) is 6.30. The van der Waals surface area contributed by atoms with Gasteiger partial charge in [-0.05, 0) is 30.2 Å². The lowest BCUT2D eigenvalue weighted by Gasteiger charge is -2.22. The van der Waals surface area contributed by atoms with Gasteiger partial charge in [0.15, 0.2) is 0 Å². The Bertz CT molecular complexity index is 735. The maximum Gasteiger partial charge on any atom is 0.308 e. The molecule has 0 spiro atoms. The zero-order chi connectivity index (χ0) is 17.3. The van der Waals surface area contributed by atoms with E-state index in [-0.39, 0.29) is 12.0 Å². The maximum absolute atomic E-state index is 11.9. The van der Waals surface area contributed by atoms with Crippen LogP contribution in [0.3, 0.4) is 0 Å². The predicted molar refractivity (Wildman–Crippen MR) is 96.6 cm³/mol. The summed E-state index contributed by atoms with van der Waals surface area (Å²) in [5.41, 5.74) is 2.11. The second kappa shape index (κ2) is 7.14. The van der Waals surface area contributed by atoms with Crippen LogP contribution in [-0.4, -0.2) is 28.6 Å². The summed E-state index contributed by atoms with van der Waals surface area (Å²) in [6.07, 6.45) is 0. The zero-order valence-electron chi connectivity index (χ0n) is 13.3. The van der Waals surface area contributed by atoms with Crippen molar-refractivity contribution in [1.29, 1.82) is 0 Å². The molecule has 3 atom stereocenters. The minimum atomic E-state index is -0.769. The van der Waals surface area contributed by atoms with Gasteiger partial charge in [-0.15, -0.1) is 0 Å². The molecule has 1 aliphatic rings. The third-order valence-corrected chi connectivity index (χ3v) is 5.58. The van der Waals surface area contributed by atoms with Gasteiger partial charge in [0.2, 0.25) is 0 Å². The van der Waals surface area contributed by atoms with E-state index in [0.717, 1.165) is 12.1 Å². The molecule has 1 unspecified atom stereocenters. The van der Waals surface area contributed by atoms with Crippen LogP contribution in [0, 0.1) is 5.92 Å². The summed E-state index contributed by atoms with van der Waals surface area (Å²) in [4.78, 5) is 14.1. The van der Waals surface area contributed by atoms with Crippen LogP contribution in [0.15, 0.2) is 48.5 Å². The monoisotopic (exact) mass is 363 g/mol. The highest BCUT2D eigenvalue weighted by atomic mass is 35.5. The normalized spacial score (nSPS) is 24.2. The van der Waals surface area contributed by atoms with Gasteiger partial charge in [-0.25, -0.2) is 0 Å². The van der Waals surface area contributed by atoms with Gasteiger partial charge in [0.05, 0.1) is 16.0 Å². The Hall–Kier alpha value is -1.55. The Balaban J connectivity index is 1.88. The molecule has 0 amide bonds. The Morgan fingerprint density at radius 3 is 2.50 bits per heavy atom. The van der Waals surface area contributed by atoms with Crippen LogP contribution in [0.4, 0.5) is 0 Å². The van der Waals surface area contributed by atoms with Crippen molar-refractivity contribution in [2.75, 3.05) is 6.54 Å². The van der Waals surface area contributed by atoms with E-state index >= 15 is 0 Å². The lowest BCUT2D eigenvalue weighted by Crippen LogP contribution is -2.32. The summed E-state index contributed by atoms with van der Waals surface area (Å²) in [6.45, 7) is 3.41. The highest BCUT2D eigenvalue weighted by Gasteiger charge is 2.44. The number of likely N-dealkylation sites (tertiary alicyclic amines) is 1. The molecule has 0 aromatic heterocycles. The topological polar surface area (TPSA) is 40.5 Å². The van der Waals surface area contributed by atoms with Crippen molar-refractivity contribution in [2.24, 2.45) is 5.92 Å². The Kier molecular flexibility index (Phi) is 5.14. The number of hydrogen-bond donors (Lipinski definition) is 1. The van der Waals surface area contributed by atoms with E-state index in [1.54, 1.807) is 12.1 Å². The van der Waals surface area contributed by atoms with Gasteiger partial charge in [0, 0.05) is 25.0 Å². The minimum Gasteiger partial charge on any atom is -0.481 e. The third kappa shape index (κ3) is 3.44. The molecule has 0 saturated carbocycles. The highest BCUT2D eigenvalue weighted by molar-refractivity contribution is 6.42. The van der Waals surface area contributed by atoms with E-state index in [1.165, 1.54) is 5.56 Å².